The highest BCUT2D eigenvalue weighted by atomic mass is 16.4. The van der Waals surface area contributed by atoms with Crippen LogP contribution in [0, 0.1) is 5.92 Å². The van der Waals surface area contributed by atoms with Crippen molar-refractivity contribution in [3.63, 3.8) is 0 Å². The SMILES string of the molecule is CC(C)C(CC(=O)N[C@@H](C)C(=O)O)c1ccccc1. The van der Waals surface area contributed by atoms with Crippen molar-refractivity contribution < 1.29 is 14.7 Å². The number of benzene rings is 1. The van der Waals surface area contributed by atoms with E-state index in [1.54, 1.807) is 0 Å². The van der Waals surface area contributed by atoms with Crippen LogP contribution in [0.3, 0.4) is 0 Å². The second kappa shape index (κ2) is 6.92. The predicted molar refractivity (Wildman–Crippen MR) is 73.9 cm³/mol. The number of hydrogen-bond donors (Lipinski definition) is 2. The molecule has 0 aromatic heterocycles. The van der Waals surface area contributed by atoms with Crippen molar-refractivity contribution in [2.75, 3.05) is 0 Å². The van der Waals surface area contributed by atoms with E-state index in [0.717, 1.165) is 5.56 Å². The van der Waals surface area contributed by atoms with E-state index in [2.05, 4.69) is 19.2 Å². The Labute approximate surface area is 113 Å². The maximum absolute atomic E-state index is 11.9. The Kier molecular flexibility index (Phi) is 5.55. The summed E-state index contributed by atoms with van der Waals surface area (Å²) in [6, 6.07) is 8.98. The first-order valence-electron chi connectivity index (χ1n) is 6.49. The molecule has 1 unspecified atom stereocenters. The third kappa shape index (κ3) is 4.73. The zero-order valence-electron chi connectivity index (χ0n) is 11.6. The fourth-order valence-electron chi connectivity index (χ4n) is 2.00. The normalized spacial score (nSPS) is 13.9. The number of nitrogens with one attached hydrogen (secondary N) is 1. The molecule has 1 rings (SSSR count). The Morgan fingerprint density at radius 1 is 1.16 bits per heavy atom. The van der Waals surface area contributed by atoms with Gasteiger partial charge in [0.15, 0.2) is 0 Å². The second-order valence-corrected chi connectivity index (χ2v) is 5.09. The third-order valence-corrected chi connectivity index (χ3v) is 3.19. The number of carbonyl (C=O) groups excluding carboxylic acids is 1. The van der Waals surface area contributed by atoms with Gasteiger partial charge in [0.2, 0.25) is 5.91 Å². The Morgan fingerprint density at radius 3 is 2.21 bits per heavy atom. The summed E-state index contributed by atoms with van der Waals surface area (Å²) in [6.07, 6.45) is 0.305. The van der Waals surface area contributed by atoms with Gasteiger partial charge in [-0.05, 0) is 24.3 Å². The van der Waals surface area contributed by atoms with Crippen molar-refractivity contribution in [2.24, 2.45) is 5.92 Å². The molecule has 0 radical (unpaired) electrons. The standard InChI is InChI=1S/C15H21NO3/c1-10(2)13(12-7-5-4-6-8-12)9-14(17)16-11(3)15(18)19/h4-8,10-11,13H,9H2,1-3H3,(H,16,17)(H,18,19)/t11-,13?/m0/s1. The van der Waals surface area contributed by atoms with Gasteiger partial charge in [0, 0.05) is 6.42 Å². The van der Waals surface area contributed by atoms with Crippen LogP contribution in [0.2, 0.25) is 0 Å². The zero-order chi connectivity index (χ0) is 14.4. The van der Waals surface area contributed by atoms with Crippen molar-refractivity contribution in [1.29, 1.82) is 0 Å². The lowest BCUT2D eigenvalue weighted by molar-refractivity contribution is -0.141. The molecule has 4 heteroatoms. The highest BCUT2D eigenvalue weighted by Gasteiger charge is 2.21. The molecule has 4 nitrogen and oxygen atoms in total. The molecule has 104 valence electrons. The zero-order valence-corrected chi connectivity index (χ0v) is 11.6. The van der Waals surface area contributed by atoms with Crippen LogP contribution >= 0.6 is 0 Å². The van der Waals surface area contributed by atoms with Gasteiger partial charge < -0.3 is 10.4 Å². The van der Waals surface area contributed by atoms with Gasteiger partial charge in [-0.15, -0.1) is 0 Å². The molecular formula is C15H21NO3. The molecule has 19 heavy (non-hydrogen) atoms. The van der Waals surface area contributed by atoms with Gasteiger partial charge in [-0.2, -0.15) is 0 Å². The van der Waals surface area contributed by atoms with E-state index in [0.29, 0.717) is 12.3 Å². The number of hydrogen-bond acceptors (Lipinski definition) is 2. The third-order valence-electron chi connectivity index (χ3n) is 3.19. The van der Waals surface area contributed by atoms with E-state index < -0.39 is 12.0 Å². The van der Waals surface area contributed by atoms with Crippen LogP contribution in [0.15, 0.2) is 30.3 Å². The van der Waals surface area contributed by atoms with Crippen LogP contribution in [0.1, 0.15) is 38.7 Å². The molecule has 1 aromatic carbocycles. The molecule has 0 aliphatic rings. The molecule has 0 fully saturated rings. The number of carboxylic acids is 1. The van der Waals surface area contributed by atoms with Gasteiger partial charge in [0.25, 0.3) is 0 Å². The Morgan fingerprint density at radius 2 is 1.74 bits per heavy atom. The molecule has 2 N–H and O–H groups in total. The topological polar surface area (TPSA) is 66.4 Å². The average Bonchev–Trinajstić information content (AvgIpc) is 2.36. The van der Waals surface area contributed by atoms with E-state index in [9.17, 15) is 9.59 Å². The van der Waals surface area contributed by atoms with Gasteiger partial charge in [0.1, 0.15) is 6.04 Å². The summed E-state index contributed by atoms with van der Waals surface area (Å²) in [7, 11) is 0. The number of amides is 1. The molecule has 0 saturated carbocycles. The Bertz CT molecular complexity index is 428. The van der Waals surface area contributed by atoms with E-state index in [-0.39, 0.29) is 11.8 Å². The van der Waals surface area contributed by atoms with Crippen molar-refractivity contribution in [3.8, 4) is 0 Å². The fraction of sp³-hybridized carbons (Fsp3) is 0.467. The van der Waals surface area contributed by atoms with E-state index in [4.69, 9.17) is 5.11 Å². The van der Waals surface area contributed by atoms with Crippen LogP contribution < -0.4 is 5.32 Å². The summed E-state index contributed by atoms with van der Waals surface area (Å²) in [5.74, 6) is -0.831. The van der Waals surface area contributed by atoms with E-state index in [1.165, 1.54) is 6.92 Å². The summed E-state index contributed by atoms with van der Waals surface area (Å²) in [4.78, 5) is 22.6. The fourth-order valence-corrected chi connectivity index (χ4v) is 2.00. The van der Waals surface area contributed by atoms with Crippen LogP contribution in [0.5, 0.6) is 0 Å². The minimum Gasteiger partial charge on any atom is -0.480 e. The predicted octanol–water partition coefficient (Wildman–Crippen LogP) is 2.41. The molecular weight excluding hydrogens is 242 g/mol. The quantitative estimate of drug-likeness (QED) is 0.828. The largest absolute Gasteiger partial charge is 0.480 e. The molecule has 0 aliphatic heterocycles. The Balaban J connectivity index is 2.70. The monoisotopic (exact) mass is 263 g/mol. The summed E-state index contributed by atoms with van der Waals surface area (Å²) in [6.45, 7) is 5.59. The smallest absolute Gasteiger partial charge is 0.325 e. The molecule has 0 bridgehead atoms. The second-order valence-electron chi connectivity index (χ2n) is 5.09. The van der Waals surface area contributed by atoms with E-state index in [1.807, 2.05) is 30.3 Å². The Hall–Kier alpha value is -1.84. The van der Waals surface area contributed by atoms with Gasteiger partial charge in [-0.25, -0.2) is 0 Å². The van der Waals surface area contributed by atoms with Crippen LogP contribution in [-0.2, 0) is 9.59 Å². The number of aliphatic carboxylic acids is 1. The van der Waals surface area contributed by atoms with Crippen molar-refractivity contribution in [3.05, 3.63) is 35.9 Å². The molecule has 1 amide bonds. The maximum Gasteiger partial charge on any atom is 0.325 e. The lowest BCUT2D eigenvalue weighted by atomic mass is 9.85. The van der Waals surface area contributed by atoms with Gasteiger partial charge in [-0.3, -0.25) is 9.59 Å². The molecule has 2 atom stereocenters. The summed E-state index contributed by atoms with van der Waals surface area (Å²) in [5, 5.41) is 11.3. The first-order chi connectivity index (χ1) is 8.91. The van der Waals surface area contributed by atoms with Crippen molar-refractivity contribution >= 4 is 11.9 Å². The molecule has 0 heterocycles. The minimum absolute atomic E-state index is 0.0993. The highest BCUT2D eigenvalue weighted by molar-refractivity contribution is 5.83. The maximum atomic E-state index is 11.9. The van der Waals surface area contributed by atoms with Crippen LogP contribution in [-0.4, -0.2) is 23.0 Å². The lowest BCUT2D eigenvalue weighted by Gasteiger charge is -2.21. The van der Waals surface area contributed by atoms with Gasteiger partial charge in [0.05, 0.1) is 0 Å². The molecule has 0 saturated heterocycles. The lowest BCUT2D eigenvalue weighted by Crippen LogP contribution is -2.39. The van der Waals surface area contributed by atoms with Crippen molar-refractivity contribution in [2.45, 2.75) is 39.2 Å². The molecule has 1 aromatic rings. The van der Waals surface area contributed by atoms with Gasteiger partial charge >= 0.3 is 5.97 Å². The first kappa shape index (κ1) is 15.2. The van der Waals surface area contributed by atoms with Crippen LogP contribution in [0.25, 0.3) is 0 Å². The number of rotatable bonds is 6. The number of carbonyl (C=O) groups is 2. The van der Waals surface area contributed by atoms with E-state index >= 15 is 0 Å². The first-order valence-corrected chi connectivity index (χ1v) is 6.49. The van der Waals surface area contributed by atoms with Gasteiger partial charge in [-0.1, -0.05) is 44.2 Å². The molecule has 0 aliphatic carbocycles. The molecule has 0 spiro atoms. The summed E-state index contributed by atoms with van der Waals surface area (Å²) in [5.41, 5.74) is 1.11. The number of carboxylic acid groups (broad SMARTS) is 1. The average molecular weight is 263 g/mol. The van der Waals surface area contributed by atoms with Crippen molar-refractivity contribution in [1.82, 2.24) is 5.32 Å². The summed E-state index contributed by atoms with van der Waals surface area (Å²) >= 11 is 0. The minimum atomic E-state index is -1.02. The highest BCUT2D eigenvalue weighted by Crippen LogP contribution is 2.27. The summed E-state index contributed by atoms with van der Waals surface area (Å²) < 4.78 is 0. The van der Waals surface area contributed by atoms with Crippen LogP contribution in [0.4, 0.5) is 0 Å².